The average Bonchev–Trinajstić information content (AvgIpc) is 2.27. The number of hydrogen-bond donors (Lipinski definition) is 0. The minimum Gasteiger partial charge on any atom is -0.301 e. The molecule has 0 atom stereocenters. The summed E-state index contributed by atoms with van der Waals surface area (Å²) in [5.41, 5.74) is 0.481. The van der Waals surface area contributed by atoms with Gasteiger partial charge >= 0.3 is 0 Å². The second-order valence-electron chi connectivity index (χ2n) is 7.43. The number of rotatable bonds is 6. The summed E-state index contributed by atoms with van der Waals surface area (Å²) in [6, 6.07) is 0. The Kier molecular flexibility index (Phi) is 6.13. The number of piperazine rings is 1. The fourth-order valence-electron chi connectivity index (χ4n) is 2.45. The summed E-state index contributed by atoms with van der Waals surface area (Å²) in [5.74, 6) is 1.58. The van der Waals surface area contributed by atoms with E-state index in [1.807, 2.05) is 0 Å². The molecule has 1 fully saturated rings. The molecule has 0 aromatic heterocycles. The average molecular weight is 254 g/mol. The normalized spacial score (nSPS) is 20.0. The molecular weight excluding hydrogens is 220 g/mol. The van der Waals surface area contributed by atoms with Crippen molar-refractivity contribution in [2.45, 2.75) is 48.0 Å². The number of hydrogen-bond acceptors (Lipinski definition) is 2. The van der Waals surface area contributed by atoms with Gasteiger partial charge in [-0.15, -0.1) is 0 Å². The zero-order valence-electron chi connectivity index (χ0n) is 13.5. The third kappa shape index (κ3) is 5.27. The van der Waals surface area contributed by atoms with Crippen LogP contribution in [0.5, 0.6) is 0 Å². The van der Waals surface area contributed by atoms with E-state index in [9.17, 15) is 0 Å². The molecule has 0 aromatic rings. The molecule has 108 valence electrons. The molecule has 0 spiro atoms. The monoisotopic (exact) mass is 254 g/mol. The van der Waals surface area contributed by atoms with Crippen molar-refractivity contribution in [3.63, 3.8) is 0 Å². The summed E-state index contributed by atoms with van der Waals surface area (Å²) < 4.78 is 0. The highest BCUT2D eigenvalue weighted by molar-refractivity contribution is 4.77. The lowest BCUT2D eigenvalue weighted by Crippen LogP contribution is -2.48. The van der Waals surface area contributed by atoms with Gasteiger partial charge in [-0.05, 0) is 30.2 Å². The Morgan fingerprint density at radius 1 is 0.889 bits per heavy atom. The minimum absolute atomic E-state index is 0.481. The van der Waals surface area contributed by atoms with Gasteiger partial charge in [0.15, 0.2) is 0 Å². The molecule has 1 aliphatic rings. The second kappa shape index (κ2) is 6.91. The molecule has 0 amide bonds. The first-order valence-electron chi connectivity index (χ1n) is 7.76. The molecule has 0 N–H and O–H groups in total. The third-order valence-electron chi connectivity index (χ3n) is 4.72. The lowest BCUT2D eigenvalue weighted by molar-refractivity contribution is 0.102. The molecule has 0 bridgehead atoms. The van der Waals surface area contributed by atoms with Crippen molar-refractivity contribution in [1.29, 1.82) is 0 Å². The van der Waals surface area contributed by atoms with Crippen LogP contribution in [-0.4, -0.2) is 49.1 Å². The van der Waals surface area contributed by atoms with Crippen molar-refractivity contribution in [2.24, 2.45) is 17.3 Å². The lowest BCUT2D eigenvalue weighted by Gasteiger charge is -2.38. The topological polar surface area (TPSA) is 6.48 Å². The molecule has 0 radical (unpaired) electrons. The summed E-state index contributed by atoms with van der Waals surface area (Å²) >= 11 is 0. The van der Waals surface area contributed by atoms with Crippen LogP contribution in [0.15, 0.2) is 0 Å². The Bertz CT molecular complexity index is 225. The van der Waals surface area contributed by atoms with Gasteiger partial charge in [0.05, 0.1) is 0 Å². The van der Waals surface area contributed by atoms with Crippen molar-refractivity contribution in [3.8, 4) is 0 Å². The van der Waals surface area contributed by atoms with Crippen LogP contribution < -0.4 is 0 Å². The quantitative estimate of drug-likeness (QED) is 0.717. The van der Waals surface area contributed by atoms with Crippen LogP contribution in [0.3, 0.4) is 0 Å². The third-order valence-corrected chi connectivity index (χ3v) is 4.72. The molecule has 1 saturated heterocycles. The van der Waals surface area contributed by atoms with E-state index < -0.39 is 0 Å². The van der Waals surface area contributed by atoms with E-state index >= 15 is 0 Å². The predicted molar refractivity (Wildman–Crippen MR) is 81.0 cm³/mol. The van der Waals surface area contributed by atoms with Gasteiger partial charge in [-0.2, -0.15) is 0 Å². The van der Waals surface area contributed by atoms with Crippen LogP contribution in [-0.2, 0) is 0 Å². The maximum Gasteiger partial charge on any atom is 0.0110 e. The van der Waals surface area contributed by atoms with Crippen molar-refractivity contribution in [1.82, 2.24) is 9.80 Å². The van der Waals surface area contributed by atoms with E-state index in [0.29, 0.717) is 5.41 Å². The van der Waals surface area contributed by atoms with E-state index in [1.54, 1.807) is 0 Å². The zero-order valence-corrected chi connectivity index (χ0v) is 13.5. The van der Waals surface area contributed by atoms with Gasteiger partial charge in [-0.3, -0.25) is 0 Å². The molecule has 18 heavy (non-hydrogen) atoms. The van der Waals surface area contributed by atoms with Gasteiger partial charge < -0.3 is 9.80 Å². The van der Waals surface area contributed by atoms with Crippen LogP contribution in [0.1, 0.15) is 48.0 Å². The summed E-state index contributed by atoms with van der Waals surface area (Å²) in [4.78, 5) is 5.27. The maximum atomic E-state index is 2.65. The van der Waals surface area contributed by atoms with Gasteiger partial charge in [-0.25, -0.2) is 0 Å². The SMILES string of the molecule is CC(C)CN1CCN(CCC(C)(C)C(C)C)CC1. The summed E-state index contributed by atoms with van der Waals surface area (Å²) in [5, 5.41) is 0. The molecule has 0 unspecified atom stereocenters. The first-order valence-corrected chi connectivity index (χ1v) is 7.76. The highest BCUT2D eigenvalue weighted by Gasteiger charge is 2.24. The van der Waals surface area contributed by atoms with E-state index in [0.717, 1.165) is 11.8 Å². The van der Waals surface area contributed by atoms with Gasteiger partial charge in [-0.1, -0.05) is 41.5 Å². The van der Waals surface area contributed by atoms with Gasteiger partial charge in [0.2, 0.25) is 0 Å². The zero-order chi connectivity index (χ0) is 13.8. The smallest absolute Gasteiger partial charge is 0.0110 e. The maximum absolute atomic E-state index is 2.65. The van der Waals surface area contributed by atoms with Crippen LogP contribution in [0.4, 0.5) is 0 Å². The van der Waals surface area contributed by atoms with Gasteiger partial charge in [0, 0.05) is 32.7 Å². The summed E-state index contributed by atoms with van der Waals surface area (Å²) in [7, 11) is 0. The van der Waals surface area contributed by atoms with Crippen LogP contribution in [0.2, 0.25) is 0 Å². The molecule has 0 saturated carbocycles. The Balaban J connectivity index is 2.24. The fourth-order valence-corrected chi connectivity index (χ4v) is 2.45. The molecule has 0 aromatic carbocycles. The van der Waals surface area contributed by atoms with E-state index in [-0.39, 0.29) is 0 Å². The van der Waals surface area contributed by atoms with E-state index in [1.165, 1.54) is 45.7 Å². The van der Waals surface area contributed by atoms with Gasteiger partial charge in [0.1, 0.15) is 0 Å². The molecular formula is C16H34N2. The predicted octanol–water partition coefficient (Wildman–Crippen LogP) is 3.33. The Labute approximate surface area is 115 Å². The lowest BCUT2D eigenvalue weighted by atomic mass is 9.78. The highest BCUT2D eigenvalue weighted by atomic mass is 15.3. The van der Waals surface area contributed by atoms with Crippen molar-refractivity contribution in [3.05, 3.63) is 0 Å². The Morgan fingerprint density at radius 2 is 1.39 bits per heavy atom. The molecule has 2 heteroatoms. The van der Waals surface area contributed by atoms with Crippen molar-refractivity contribution >= 4 is 0 Å². The summed E-state index contributed by atoms with van der Waals surface area (Å²) in [6.07, 6.45) is 1.33. The minimum atomic E-state index is 0.481. The molecule has 0 aliphatic carbocycles. The first-order chi connectivity index (χ1) is 8.31. The van der Waals surface area contributed by atoms with Gasteiger partial charge in [0.25, 0.3) is 0 Å². The van der Waals surface area contributed by atoms with Crippen LogP contribution >= 0.6 is 0 Å². The molecule has 1 rings (SSSR count). The van der Waals surface area contributed by atoms with E-state index in [2.05, 4.69) is 51.3 Å². The highest BCUT2D eigenvalue weighted by Crippen LogP contribution is 2.30. The van der Waals surface area contributed by atoms with Crippen LogP contribution in [0, 0.1) is 17.3 Å². The van der Waals surface area contributed by atoms with Crippen molar-refractivity contribution < 1.29 is 0 Å². The molecule has 1 aliphatic heterocycles. The van der Waals surface area contributed by atoms with Crippen molar-refractivity contribution in [2.75, 3.05) is 39.3 Å². The fraction of sp³-hybridized carbons (Fsp3) is 1.00. The standard InChI is InChI=1S/C16H34N2/c1-14(2)13-18-11-9-17(10-12-18)8-7-16(5,6)15(3)4/h14-15H,7-13H2,1-6H3. The first kappa shape index (κ1) is 16.0. The second-order valence-corrected chi connectivity index (χ2v) is 7.43. The molecule has 2 nitrogen and oxygen atoms in total. The van der Waals surface area contributed by atoms with E-state index in [4.69, 9.17) is 0 Å². The molecule has 1 heterocycles. The Hall–Kier alpha value is -0.0800. The van der Waals surface area contributed by atoms with Crippen LogP contribution in [0.25, 0.3) is 0 Å². The number of nitrogens with zero attached hydrogens (tertiary/aromatic N) is 2. The summed E-state index contributed by atoms with van der Waals surface area (Å²) in [6.45, 7) is 21.8. The Morgan fingerprint density at radius 3 is 1.83 bits per heavy atom. The largest absolute Gasteiger partial charge is 0.301 e.